The summed E-state index contributed by atoms with van der Waals surface area (Å²) in [5, 5.41) is 9.54. The third-order valence-electron chi connectivity index (χ3n) is 4.96. The molecular formula is C23H24N4O2. The molecule has 0 fully saturated rings. The number of rotatable bonds is 5. The molecule has 0 spiro atoms. The van der Waals surface area contributed by atoms with Crippen molar-refractivity contribution in [3.63, 3.8) is 0 Å². The maximum absolute atomic E-state index is 13.3. The molecule has 0 saturated heterocycles. The van der Waals surface area contributed by atoms with Gasteiger partial charge in [-0.15, -0.1) is 10.2 Å². The Morgan fingerprint density at radius 1 is 1.03 bits per heavy atom. The Morgan fingerprint density at radius 2 is 1.79 bits per heavy atom. The van der Waals surface area contributed by atoms with E-state index in [0.29, 0.717) is 29.6 Å². The van der Waals surface area contributed by atoms with Crippen molar-refractivity contribution < 1.29 is 4.42 Å². The molecule has 0 radical (unpaired) electrons. The van der Waals surface area contributed by atoms with E-state index < -0.39 is 0 Å². The maximum Gasteiger partial charge on any atom is 0.258 e. The first-order valence-electron chi connectivity index (χ1n) is 9.75. The van der Waals surface area contributed by atoms with Gasteiger partial charge in [0.2, 0.25) is 11.8 Å². The molecule has 6 heteroatoms. The Balaban J connectivity index is 2.10. The van der Waals surface area contributed by atoms with Gasteiger partial charge in [0.05, 0.1) is 0 Å². The summed E-state index contributed by atoms with van der Waals surface area (Å²) in [5.74, 6) is 1.25. The Kier molecular flexibility index (Phi) is 5.03. The van der Waals surface area contributed by atoms with Gasteiger partial charge in [0, 0.05) is 42.2 Å². The summed E-state index contributed by atoms with van der Waals surface area (Å²) in [6.45, 7) is 6.84. The van der Waals surface area contributed by atoms with Gasteiger partial charge in [0.1, 0.15) is 0 Å². The summed E-state index contributed by atoms with van der Waals surface area (Å²) < 4.78 is 7.42. The van der Waals surface area contributed by atoms with Crippen LogP contribution in [0.15, 0.2) is 57.7 Å². The molecule has 0 aliphatic heterocycles. The van der Waals surface area contributed by atoms with E-state index in [2.05, 4.69) is 24.0 Å². The van der Waals surface area contributed by atoms with Crippen molar-refractivity contribution in [2.24, 2.45) is 11.7 Å². The minimum atomic E-state index is -0.0258. The molecule has 2 heterocycles. The van der Waals surface area contributed by atoms with Gasteiger partial charge >= 0.3 is 0 Å². The predicted molar refractivity (Wildman–Crippen MR) is 114 cm³/mol. The summed E-state index contributed by atoms with van der Waals surface area (Å²) in [5.41, 5.74) is 9.76. The number of aromatic nitrogens is 3. The van der Waals surface area contributed by atoms with Crippen LogP contribution in [0.4, 0.5) is 0 Å². The van der Waals surface area contributed by atoms with Gasteiger partial charge in [-0.2, -0.15) is 0 Å². The third-order valence-corrected chi connectivity index (χ3v) is 4.96. The Morgan fingerprint density at radius 3 is 2.41 bits per heavy atom. The summed E-state index contributed by atoms with van der Waals surface area (Å²) in [6.07, 6.45) is 0. The lowest BCUT2D eigenvalue weighted by Gasteiger charge is -2.20. The molecule has 0 bridgehead atoms. The van der Waals surface area contributed by atoms with Crippen LogP contribution in [0.5, 0.6) is 0 Å². The maximum atomic E-state index is 13.3. The van der Waals surface area contributed by atoms with Gasteiger partial charge in [-0.1, -0.05) is 44.2 Å². The molecule has 0 aliphatic carbocycles. The number of pyridine rings is 1. The highest BCUT2D eigenvalue weighted by Gasteiger charge is 2.19. The fraction of sp³-hybridized carbons (Fsp3) is 0.261. The molecule has 0 atom stereocenters. The summed E-state index contributed by atoms with van der Waals surface area (Å²) in [7, 11) is 0. The highest BCUT2D eigenvalue weighted by atomic mass is 16.4. The zero-order valence-corrected chi connectivity index (χ0v) is 16.8. The van der Waals surface area contributed by atoms with Gasteiger partial charge in [0.15, 0.2) is 0 Å². The second-order valence-electron chi connectivity index (χ2n) is 7.59. The van der Waals surface area contributed by atoms with Crippen LogP contribution in [0.25, 0.3) is 33.4 Å². The number of nitrogens with zero attached hydrogens (tertiary/aromatic N) is 3. The lowest BCUT2D eigenvalue weighted by molar-refractivity contribution is 0.499. The SMILES string of the molecule is Cc1nnc(-c2ccc3c(=O)n(CC(C)C)c(CN)c(-c4ccccc4)c3c2)o1. The Hall–Kier alpha value is -3.25. The average Bonchev–Trinajstić information content (AvgIpc) is 3.16. The fourth-order valence-electron chi connectivity index (χ4n) is 3.74. The minimum Gasteiger partial charge on any atom is -0.421 e. The van der Waals surface area contributed by atoms with Crippen molar-refractivity contribution in [2.45, 2.75) is 33.9 Å². The van der Waals surface area contributed by atoms with Gasteiger partial charge in [-0.25, -0.2) is 0 Å². The van der Waals surface area contributed by atoms with Crippen molar-refractivity contribution in [1.82, 2.24) is 14.8 Å². The molecule has 0 amide bonds. The topological polar surface area (TPSA) is 86.9 Å². The molecule has 0 aliphatic rings. The Bertz CT molecular complexity index is 1220. The van der Waals surface area contributed by atoms with E-state index >= 15 is 0 Å². The molecule has 4 aromatic rings. The van der Waals surface area contributed by atoms with E-state index in [-0.39, 0.29) is 12.1 Å². The van der Waals surface area contributed by atoms with E-state index in [1.54, 1.807) is 6.92 Å². The monoisotopic (exact) mass is 388 g/mol. The first kappa shape index (κ1) is 19.1. The van der Waals surface area contributed by atoms with Crippen LogP contribution in [-0.4, -0.2) is 14.8 Å². The fourth-order valence-corrected chi connectivity index (χ4v) is 3.74. The predicted octanol–water partition coefficient (Wildman–Crippen LogP) is 4.14. The third kappa shape index (κ3) is 3.47. The smallest absolute Gasteiger partial charge is 0.258 e. The van der Waals surface area contributed by atoms with E-state index in [4.69, 9.17) is 10.2 Å². The number of nitrogens with two attached hydrogens (primary N) is 1. The lowest BCUT2D eigenvalue weighted by atomic mass is 9.95. The molecule has 4 rings (SSSR count). The van der Waals surface area contributed by atoms with E-state index in [9.17, 15) is 4.79 Å². The van der Waals surface area contributed by atoms with Crippen molar-refractivity contribution in [1.29, 1.82) is 0 Å². The minimum absolute atomic E-state index is 0.0258. The quantitative estimate of drug-likeness (QED) is 0.555. The molecule has 2 aromatic carbocycles. The second kappa shape index (κ2) is 7.64. The van der Waals surface area contributed by atoms with Crippen molar-refractivity contribution >= 4 is 10.8 Å². The highest BCUT2D eigenvalue weighted by Crippen LogP contribution is 2.33. The number of benzene rings is 2. The zero-order chi connectivity index (χ0) is 20.5. The van der Waals surface area contributed by atoms with E-state index in [1.807, 2.05) is 53.1 Å². The highest BCUT2D eigenvalue weighted by molar-refractivity contribution is 5.99. The largest absolute Gasteiger partial charge is 0.421 e. The van der Waals surface area contributed by atoms with E-state index in [1.165, 1.54) is 0 Å². The molecule has 0 saturated carbocycles. The molecule has 29 heavy (non-hydrogen) atoms. The number of hydrogen-bond acceptors (Lipinski definition) is 5. The molecule has 6 nitrogen and oxygen atoms in total. The molecular weight excluding hydrogens is 364 g/mol. The number of aryl methyl sites for hydroxylation is 1. The first-order chi connectivity index (χ1) is 14.0. The standard InChI is InChI=1S/C23H24N4O2/c1-14(2)13-27-20(12-24)21(16-7-5-4-6-8-16)19-11-17(9-10-18(19)23(27)28)22-26-25-15(3)29-22/h4-11,14H,12-13,24H2,1-3H3. The van der Waals surface area contributed by atoms with Crippen LogP contribution in [0.2, 0.25) is 0 Å². The van der Waals surface area contributed by atoms with Crippen LogP contribution in [0, 0.1) is 12.8 Å². The van der Waals surface area contributed by atoms with Gasteiger partial charge in [0.25, 0.3) is 5.56 Å². The van der Waals surface area contributed by atoms with Crippen LogP contribution >= 0.6 is 0 Å². The van der Waals surface area contributed by atoms with Crippen LogP contribution < -0.4 is 11.3 Å². The van der Waals surface area contributed by atoms with E-state index in [0.717, 1.165) is 27.8 Å². The normalized spacial score (nSPS) is 11.5. The lowest BCUT2D eigenvalue weighted by Crippen LogP contribution is -2.28. The summed E-state index contributed by atoms with van der Waals surface area (Å²) in [6, 6.07) is 15.7. The molecule has 0 unspecified atom stereocenters. The van der Waals surface area contributed by atoms with Gasteiger partial charge in [-0.05, 0) is 35.1 Å². The van der Waals surface area contributed by atoms with Gasteiger partial charge in [-0.3, -0.25) is 4.79 Å². The van der Waals surface area contributed by atoms with Crippen LogP contribution in [0.3, 0.4) is 0 Å². The average molecular weight is 388 g/mol. The zero-order valence-electron chi connectivity index (χ0n) is 16.8. The van der Waals surface area contributed by atoms with Crippen molar-refractivity contribution in [2.75, 3.05) is 0 Å². The summed E-state index contributed by atoms with van der Waals surface area (Å²) in [4.78, 5) is 13.3. The van der Waals surface area contributed by atoms with Crippen LogP contribution in [0.1, 0.15) is 25.4 Å². The summed E-state index contributed by atoms with van der Waals surface area (Å²) >= 11 is 0. The van der Waals surface area contributed by atoms with Crippen LogP contribution in [-0.2, 0) is 13.1 Å². The number of hydrogen-bond donors (Lipinski definition) is 1. The molecule has 2 N–H and O–H groups in total. The number of fused-ring (bicyclic) bond motifs is 1. The molecule has 148 valence electrons. The molecule has 2 aromatic heterocycles. The van der Waals surface area contributed by atoms with Crippen molar-refractivity contribution in [3.05, 3.63) is 70.5 Å². The Labute approximate surface area is 169 Å². The second-order valence-corrected chi connectivity index (χ2v) is 7.59. The van der Waals surface area contributed by atoms with Crippen molar-refractivity contribution in [3.8, 4) is 22.6 Å². The van der Waals surface area contributed by atoms with Gasteiger partial charge < -0.3 is 14.7 Å². The first-order valence-corrected chi connectivity index (χ1v) is 9.75.